The van der Waals surface area contributed by atoms with E-state index in [0.717, 1.165) is 11.3 Å². The number of carboxylic acids is 2. The van der Waals surface area contributed by atoms with E-state index in [1.807, 2.05) is 4.90 Å². The summed E-state index contributed by atoms with van der Waals surface area (Å²) in [4.78, 5) is 45.1. The van der Waals surface area contributed by atoms with Crippen molar-refractivity contribution in [1.82, 2.24) is 15.3 Å². The SMILES string of the molecule is Cc1[nH]c(C(=O)NC2[C@H]3CN(c4nc(-c5ccc(C(=O)O)cc5)c(C(=O)O)s4)C[C@@H]23)c(Cl)c1Cl.[Li+]. The van der Waals surface area contributed by atoms with Crippen LogP contribution in [0.4, 0.5) is 5.13 Å². The van der Waals surface area contributed by atoms with Crippen LogP contribution in [-0.2, 0) is 0 Å². The van der Waals surface area contributed by atoms with Gasteiger partial charge in [-0.1, -0.05) is 46.7 Å². The van der Waals surface area contributed by atoms with Crippen molar-refractivity contribution < 1.29 is 43.5 Å². The first-order chi connectivity index (χ1) is 16.2. The van der Waals surface area contributed by atoms with Crippen molar-refractivity contribution in [3.05, 3.63) is 56.1 Å². The van der Waals surface area contributed by atoms with Crippen molar-refractivity contribution in [3.8, 4) is 11.3 Å². The van der Waals surface area contributed by atoms with Gasteiger partial charge in [-0.15, -0.1) is 0 Å². The van der Waals surface area contributed by atoms with Gasteiger partial charge >= 0.3 is 30.8 Å². The molecule has 35 heavy (non-hydrogen) atoms. The molecule has 0 bridgehead atoms. The third kappa shape index (κ3) is 4.57. The zero-order valence-electron chi connectivity index (χ0n) is 18.6. The predicted octanol–water partition coefficient (Wildman–Crippen LogP) is 1.02. The average Bonchev–Trinajstić information content (AvgIpc) is 3.19. The summed E-state index contributed by atoms with van der Waals surface area (Å²) < 4.78 is 0. The number of fused-ring (bicyclic) bond motifs is 1. The van der Waals surface area contributed by atoms with Gasteiger partial charge in [0.25, 0.3) is 5.91 Å². The number of carboxylic acid groups (broad SMARTS) is 2. The van der Waals surface area contributed by atoms with E-state index in [9.17, 15) is 19.5 Å². The van der Waals surface area contributed by atoms with E-state index in [1.54, 1.807) is 19.1 Å². The van der Waals surface area contributed by atoms with Crippen molar-refractivity contribution in [2.45, 2.75) is 13.0 Å². The molecule has 1 aliphatic carbocycles. The molecule has 0 spiro atoms. The van der Waals surface area contributed by atoms with Gasteiger partial charge < -0.3 is 25.4 Å². The second-order valence-corrected chi connectivity index (χ2v) is 10.1. The standard InChI is InChI=1S/C22H18Cl2N4O5S.Li/c1-8-13(23)14(24)17(25-8)19(29)26-16-11-6-28(7-12(11)16)22-27-15(18(34-22)21(32)33)9-2-4-10(5-3-9)20(30)31;/h2-5,11-12,16,25H,6-7H2,1H3,(H,26,29)(H,30,31)(H,32,33);/q;+1/t11-,12+,16?;. The summed E-state index contributed by atoms with van der Waals surface area (Å²) in [6.07, 6.45) is 0. The molecule has 13 heteroatoms. The number of aromatic carboxylic acids is 2. The Balaban J connectivity index is 0.00000289. The molecule has 1 aromatic carbocycles. The number of piperidine rings is 1. The number of rotatable bonds is 6. The summed E-state index contributed by atoms with van der Waals surface area (Å²) in [7, 11) is 0. The molecule has 1 saturated carbocycles. The van der Waals surface area contributed by atoms with Gasteiger partial charge in [0.2, 0.25) is 0 Å². The first-order valence-corrected chi connectivity index (χ1v) is 11.9. The molecular formula is C22H18Cl2LiN4O5S+. The second-order valence-electron chi connectivity index (χ2n) is 8.35. The summed E-state index contributed by atoms with van der Waals surface area (Å²) in [6.45, 7) is 3.01. The molecule has 1 saturated heterocycles. The number of nitrogens with zero attached hydrogens (tertiary/aromatic N) is 2. The van der Waals surface area contributed by atoms with Gasteiger partial charge in [0.05, 0.1) is 21.3 Å². The van der Waals surface area contributed by atoms with Crippen molar-refractivity contribution in [3.63, 3.8) is 0 Å². The number of aromatic amines is 1. The topological polar surface area (TPSA) is 136 Å². The molecule has 176 valence electrons. The molecular weight excluding hydrogens is 510 g/mol. The first-order valence-electron chi connectivity index (χ1n) is 10.3. The maximum absolute atomic E-state index is 12.6. The minimum atomic E-state index is -1.09. The second kappa shape index (κ2) is 9.52. The van der Waals surface area contributed by atoms with Crippen LogP contribution in [0.5, 0.6) is 0 Å². The van der Waals surface area contributed by atoms with E-state index in [-0.39, 0.29) is 63.8 Å². The first kappa shape index (κ1) is 25.6. The zero-order valence-corrected chi connectivity index (χ0v) is 21.0. The number of halogens is 2. The molecule has 2 aromatic heterocycles. The molecule has 0 radical (unpaired) electrons. The molecule has 3 heterocycles. The van der Waals surface area contributed by atoms with Gasteiger partial charge in [0, 0.05) is 42.2 Å². The third-order valence-electron chi connectivity index (χ3n) is 6.26. The molecule has 4 N–H and O–H groups in total. The van der Waals surface area contributed by atoms with Crippen molar-refractivity contribution >= 4 is 57.5 Å². The van der Waals surface area contributed by atoms with Crippen LogP contribution in [0.15, 0.2) is 24.3 Å². The van der Waals surface area contributed by atoms with Crippen molar-refractivity contribution in [1.29, 1.82) is 0 Å². The molecule has 5 rings (SSSR count). The Kier molecular flexibility index (Phi) is 6.97. The number of hydrogen-bond donors (Lipinski definition) is 4. The number of aromatic nitrogens is 2. The summed E-state index contributed by atoms with van der Waals surface area (Å²) in [5.41, 5.74) is 1.84. The summed E-state index contributed by atoms with van der Waals surface area (Å²) in [6, 6.07) is 5.96. The van der Waals surface area contributed by atoms with E-state index < -0.39 is 11.9 Å². The number of hydrogen-bond acceptors (Lipinski definition) is 6. The average molecular weight is 528 g/mol. The van der Waals surface area contributed by atoms with Crippen LogP contribution in [0.25, 0.3) is 11.3 Å². The minimum absolute atomic E-state index is 0. The van der Waals surface area contributed by atoms with Crippen LogP contribution in [0.3, 0.4) is 0 Å². The Hall–Kier alpha value is -2.48. The maximum atomic E-state index is 12.6. The quantitative estimate of drug-likeness (QED) is 0.351. The van der Waals surface area contributed by atoms with Crippen LogP contribution >= 0.6 is 34.5 Å². The molecule has 1 amide bonds. The van der Waals surface area contributed by atoms with Crippen LogP contribution in [-0.4, -0.2) is 57.2 Å². The van der Waals surface area contributed by atoms with E-state index >= 15 is 0 Å². The molecule has 2 aliphatic rings. The summed E-state index contributed by atoms with van der Waals surface area (Å²) in [5, 5.41) is 22.9. The largest absolute Gasteiger partial charge is 1.00 e. The Labute approximate surface area is 225 Å². The smallest absolute Gasteiger partial charge is 0.478 e. The number of carbonyl (C=O) groups is 3. The van der Waals surface area contributed by atoms with Crippen LogP contribution in [0.2, 0.25) is 10.0 Å². The van der Waals surface area contributed by atoms with E-state index in [4.69, 9.17) is 28.3 Å². The fourth-order valence-corrected chi connectivity index (χ4v) is 5.77. The van der Waals surface area contributed by atoms with Gasteiger partial charge in [-0.25, -0.2) is 14.6 Å². The van der Waals surface area contributed by atoms with Crippen molar-refractivity contribution in [2.75, 3.05) is 18.0 Å². The maximum Gasteiger partial charge on any atom is 1.00 e. The number of carbonyl (C=O) groups excluding carboxylic acids is 1. The number of aryl methyl sites for hydroxylation is 1. The Morgan fingerprint density at radius 1 is 1.09 bits per heavy atom. The van der Waals surface area contributed by atoms with Gasteiger partial charge in [0.15, 0.2) is 5.13 Å². The van der Waals surface area contributed by atoms with E-state index in [0.29, 0.717) is 40.2 Å². The molecule has 3 aromatic rings. The minimum Gasteiger partial charge on any atom is -0.478 e. The number of benzene rings is 1. The molecule has 1 aliphatic heterocycles. The molecule has 9 nitrogen and oxygen atoms in total. The Morgan fingerprint density at radius 2 is 1.71 bits per heavy atom. The Bertz CT molecular complexity index is 1330. The van der Waals surface area contributed by atoms with Crippen LogP contribution in [0, 0.1) is 18.8 Å². The number of thiazole rings is 1. The number of anilines is 1. The fraction of sp³-hybridized carbons (Fsp3) is 0.273. The zero-order chi connectivity index (χ0) is 24.3. The van der Waals surface area contributed by atoms with Gasteiger partial charge in [-0.3, -0.25) is 4.79 Å². The monoisotopic (exact) mass is 527 g/mol. The van der Waals surface area contributed by atoms with Gasteiger partial charge in [-0.2, -0.15) is 0 Å². The number of H-pyrrole nitrogens is 1. The van der Waals surface area contributed by atoms with Gasteiger partial charge in [-0.05, 0) is 19.1 Å². The molecule has 2 fully saturated rings. The normalized spacial score (nSPS) is 20.2. The summed E-state index contributed by atoms with van der Waals surface area (Å²) >= 11 is 13.3. The molecule has 3 atom stereocenters. The predicted molar refractivity (Wildman–Crippen MR) is 127 cm³/mol. The number of amides is 1. The summed E-state index contributed by atoms with van der Waals surface area (Å²) in [5.74, 6) is -2.00. The fourth-order valence-electron chi connectivity index (χ4n) is 4.40. The Morgan fingerprint density at radius 3 is 2.23 bits per heavy atom. The number of nitrogens with one attached hydrogen (secondary N) is 2. The third-order valence-corrected chi connectivity index (χ3v) is 8.31. The van der Waals surface area contributed by atoms with E-state index in [2.05, 4.69) is 15.3 Å². The van der Waals surface area contributed by atoms with Crippen LogP contribution < -0.4 is 29.1 Å². The van der Waals surface area contributed by atoms with Gasteiger partial charge in [0.1, 0.15) is 10.6 Å². The van der Waals surface area contributed by atoms with Crippen LogP contribution in [0.1, 0.15) is 36.2 Å². The molecule has 1 unspecified atom stereocenters. The van der Waals surface area contributed by atoms with E-state index in [1.165, 1.54) is 12.1 Å². The van der Waals surface area contributed by atoms with Crippen molar-refractivity contribution in [2.24, 2.45) is 11.8 Å².